The predicted molar refractivity (Wildman–Crippen MR) is 44.1 cm³/mol. The Hall–Kier alpha value is -0.441. The van der Waals surface area contributed by atoms with Gasteiger partial charge in [-0.1, -0.05) is 18.2 Å². The first-order chi connectivity index (χ1) is 4.47. The Morgan fingerprint density at radius 3 is 2.60 bits per heavy atom. The zero-order valence-corrected chi connectivity index (χ0v) is 8.32. The number of hydrogen-bond donors (Lipinski definition) is 1. The van der Waals surface area contributed by atoms with Crippen LogP contribution >= 0.6 is 0 Å². The number of nitrogens with one attached hydrogen (secondary N) is 1. The average molecular weight is 236 g/mol. The Labute approximate surface area is 76.4 Å². The van der Waals surface area contributed by atoms with Crippen LogP contribution in [0.5, 0.6) is 0 Å². The molecule has 1 aromatic carbocycles. The summed E-state index contributed by atoms with van der Waals surface area (Å²) in [6.07, 6.45) is 1.95. The fourth-order valence-electron chi connectivity index (χ4n) is 0.995. The van der Waals surface area contributed by atoms with Crippen LogP contribution in [0.3, 0.4) is 0 Å². The van der Waals surface area contributed by atoms with Gasteiger partial charge in [0.05, 0.1) is 0 Å². The summed E-state index contributed by atoms with van der Waals surface area (Å²) in [6, 6.07) is 10.3. The van der Waals surface area contributed by atoms with Crippen LogP contribution in [0.4, 0.5) is 0 Å². The monoisotopic (exact) mass is 237 g/mol. The first-order valence-electron chi connectivity index (χ1n) is 2.99. The summed E-state index contributed by atoms with van der Waals surface area (Å²) in [6.45, 7) is 0. The van der Waals surface area contributed by atoms with Gasteiger partial charge in [0.15, 0.2) is 0 Å². The maximum Gasteiger partial charge on any atom is 0.0453 e. The summed E-state index contributed by atoms with van der Waals surface area (Å²) in [7, 11) is 0. The molecule has 0 saturated heterocycles. The van der Waals surface area contributed by atoms with Gasteiger partial charge in [0, 0.05) is 35.6 Å². The third kappa shape index (κ3) is 1.19. The number of hydrogen-bond acceptors (Lipinski definition) is 0. The van der Waals surface area contributed by atoms with E-state index in [0.717, 1.165) is 0 Å². The van der Waals surface area contributed by atoms with E-state index < -0.39 is 0 Å². The van der Waals surface area contributed by atoms with Gasteiger partial charge in [-0.15, -0.1) is 0 Å². The second-order valence-corrected chi connectivity index (χ2v) is 2.06. The van der Waals surface area contributed by atoms with Crippen LogP contribution in [0.1, 0.15) is 0 Å². The molecule has 0 aliphatic rings. The van der Waals surface area contributed by atoms with Gasteiger partial charge in [0.1, 0.15) is 0 Å². The van der Waals surface area contributed by atoms with Crippen molar-refractivity contribution in [3.05, 3.63) is 36.5 Å². The standard InChI is InChI=1S/C8H7N.Sn/c1-2-4-8-7(3-1)5-6-9-8;/h1-6,9H;. The topological polar surface area (TPSA) is 15.8 Å². The summed E-state index contributed by atoms with van der Waals surface area (Å²) in [4.78, 5) is 3.12. The molecule has 2 aromatic rings. The fraction of sp³-hybridized carbons (Fsp3) is 0. The summed E-state index contributed by atoms with van der Waals surface area (Å²) in [5, 5.41) is 1.28. The van der Waals surface area contributed by atoms with Crippen molar-refractivity contribution in [1.29, 1.82) is 0 Å². The molecule has 0 unspecified atom stereocenters. The molecule has 0 fully saturated rings. The molecule has 2 heteroatoms. The summed E-state index contributed by atoms with van der Waals surface area (Å²) < 4.78 is 0. The minimum Gasteiger partial charge on any atom is -0.361 e. The third-order valence-corrected chi connectivity index (χ3v) is 1.46. The van der Waals surface area contributed by atoms with Crippen LogP contribution in [0.15, 0.2) is 36.5 Å². The van der Waals surface area contributed by atoms with Gasteiger partial charge in [0.25, 0.3) is 0 Å². The molecule has 0 aliphatic heterocycles. The molecule has 0 spiro atoms. The third-order valence-electron chi connectivity index (χ3n) is 1.46. The molecule has 1 aromatic heterocycles. The maximum atomic E-state index is 3.12. The van der Waals surface area contributed by atoms with E-state index in [2.05, 4.69) is 23.2 Å². The van der Waals surface area contributed by atoms with Gasteiger partial charge in [-0.3, -0.25) is 0 Å². The predicted octanol–water partition coefficient (Wildman–Crippen LogP) is 1.79. The average Bonchev–Trinajstić information content (AvgIpc) is 2.33. The molecular weight excluding hydrogens is 229 g/mol. The van der Waals surface area contributed by atoms with Crippen molar-refractivity contribution >= 4 is 34.8 Å². The van der Waals surface area contributed by atoms with Crippen LogP contribution in [0.2, 0.25) is 0 Å². The number of H-pyrrole nitrogens is 1. The molecule has 10 heavy (non-hydrogen) atoms. The van der Waals surface area contributed by atoms with Gasteiger partial charge in [-0.25, -0.2) is 0 Å². The van der Waals surface area contributed by atoms with E-state index in [9.17, 15) is 0 Å². The van der Waals surface area contributed by atoms with E-state index in [1.807, 2.05) is 18.3 Å². The zero-order chi connectivity index (χ0) is 6.10. The van der Waals surface area contributed by atoms with Crippen LogP contribution < -0.4 is 0 Å². The van der Waals surface area contributed by atoms with E-state index in [-0.39, 0.29) is 23.9 Å². The number of para-hydroxylation sites is 1. The second-order valence-electron chi connectivity index (χ2n) is 2.06. The van der Waals surface area contributed by atoms with Crippen molar-refractivity contribution in [2.45, 2.75) is 0 Å². The van der Waals surface area contributed by atoms with Gasteiger partial charge < -0.3 is 4.98 Å². The molecule has 0 atom stereocenters. The van der Waals surface area contributed by atoms with E-state index in [0.29, 0.717) is 0 Å². The first-order valence-corrected chi connectivity index (χ1v) is 2.99. The molecule has 0 amide bonds. The van der Waals surface area contributed by atoms with Crippen LogP contribution in [0, 0.1) is 0 Å². The van der Waals surface area contributed by atoms with E-state index in [4.69, 9.17) is 0 Å². The molecule has 0 aliphatic carbocycles. The van der Waals surface area contributed by atoms with Gasteiger partial charge in [-0.05, 0) is 17.5 Å². The maximum absolute atomic E-state index is 3.12. The molecule has 1 nitrogen and oxygen atoms in total. The number of fused-ring (bicyclic) bond motifs is 1. The quantitative estimate of drug-likeness (QED) is 0.671. The van der Waals surface area contributed by atoms with Crippen LogP contribution in [-0.2, 0) is 0 Å². The van der Waals surface area contributed by atoms with E-state index in [1.165, 1.54) is 10.9 Å². The number of aromatic amines is 1. The van der Waals surface area contributed by atoms with Gasteiger partial charge in [0.2, 0.25) is 0 Å². The molecule has 4 radical (unpaired) electrons. The Balaban J connectivity index is 0.000000500. The largest absolute Gasteiger partial charge is 0.361 e. The fourth-order valence-corrected chi connectivity index (χ4v) is 0.995. The number of benzene rings is 1. The summed E-state index contributed by atoms with van der Waals surface area (Å²) >= 11 is 0. The van der Waals surface area contributed by atoms with Gasteiger partial charge in [-0.2, -0.15) is 0 Å². The van der Waals surface area contributed by atoms with Crippen molar-refractivity contribution in [1.82, 2.24) is 4.98 Å². The Kier molecular flexibility index (Phi) is 2.38. The minimum absolute atomic E-state index is 0. The van der Waals surface area contributed by atoms with Crippen LogP contribution in [0.25, 0.3) is 10.9 Å². The Bertz CT molecular complexity index is 283. The SMILES string of the molecule is [Sn].c1ccc2[nH]ccc2c1. The molecule has 48 valence electrons. The summed E-state index contributed by atoms with van der Waals surface area (Å²) in [5.74, 6) is 0. The normalized spacial score (nSPS) is 9.20. The minimum atomic E-state index is 0. The van der Waals surface area contributed by atoms with Crippen molar-refractivity contribution in [2.75, 3.05) is 0 Å². The second kappa shape index (κ2) is 3.10. The Morgan fingerprint density at radius 1 is 1.00 bits per heavy atom. The molecule has 0 saturated carbocycles. The van der Waals surface area contributed by atoms with Crippen molar-refractivity contribution in [3.8, 4) is 0 Å². The molecule has 2 rings (SSSR count). The van der Waals surface area contributed by atoms with Crippen LogP contribution in [-0.4, -0.2) is 28.9 Å². The van der Waals surface area contributed by atoms with Crippen molar-refractivity contribution in [2.24, 2.45) is 0 Å². The van der Waals surface area contributed by atoms with E-state index in [1.54, 1.807) is 0 Å². The Morgan fingerprint density at radius 2 is 1.80 bits per heavy atom. The van der Waals surface area contributed by atoms with E-state index >= 15 is 0 Å². The van der Waals surface area contributed by atoms with Crippen molar-refractivity contribution in [3.63, 3.8) is 0 Å². The van der Waals surface area contributed by atoms with Crippen molar-refractivity contribution < 1.29 is 0 Å². The first kappa shape index (κ1) is 7.66. The molecule has 1 N–H and O–H groups in total. The smallest absolute Gasteiger partial charge is 0.0453 e. The molecule has 0 bridgehead atoms. The molecular formula is C8H7NSn. The molecule has 1 heterocycles. The zero-order valence-electron chi connectivity index (χ0n) is 5.46. The number of rotatable bonds is 0. The van der Waals surface area contributed by atoms with Gasteiger partial charge >= 0.3 is 0 Å². The summed E-state index contributed by atoms with van der Waals surface area (Å²) in [5.41, 5.74) is 1.21. The number of aromatic nitrogens is 1.